The van der Waals surface area contributed by atoms with Crippen LogP contribution < -0.4 is 16.2 Å². The molecule has 48 heavy (non-hydrogen) atoms. The highest BCUT2D eigenvalue weighted by Crippen LogP contribution is 2.36. The molecular formula is C29H23N5O14. The van der Waals surface area contributed by atoms with Crippen LogP contribution in [0.4, 0.5) is 0 Å². The highest BCUT2D eigenvalue weighted by atomic mass is 16.5. The number of carbonyl (C=O) groups is 4. The van der Waals surface area contributed by atoms with E-state index in [1.54, 1.807) is 0 Å². The maximum absolute atomic E-state index is 13.7. The summed E-state index contributed by atoms with van der Waals surface area (Å²) in [7, 11) is 0. The third kappa shape index (κ3) is 6.40. The number of benzene rings is 2. The van der Waals surface area contributed by atoms with Gasteiger partial charge in [-0.1, -0.05) is 5.21 Å². The number of ether oxygens (including phenoxy) is 1. The van der Waals surface area contributed by atoms with E-state index in [4.69, 9.17) is 14.3 Å². The quantitative estimate of drug-likeness (QED) is 0.0703. The molecule has 1 atom stereocenters. The summed E-state index contributed by atoms with van der Waals surface area (Å²) in [6, 6.07) is 1.48. The molecule has 2 aromatic carbocycles. The number of pyridine rings is 1. The van der Waals surface area contributed by atoms with Gasteiger partial charge < -0.3 is 50.1 Å². The summed E-state index contributed by atoms with van der Waals surface area (Å²) < 4.78 is 11.6. The standard InChI is InChI=1S/C29H23N5O14/c35-17-3-12-16(4-18(17)36)30-6-13(25(12)41)14-10-47-20-5-19(37)27(43)24(23(20)26(14)42)29(46)48-9-11-7-34(33-32-11)8-21(38)31-15(28(44)45)1-2-22(39)40/h3-7,10,15,35-37,43H,1-2,8-9H2,(H,30,41)(H,31,38)(H,39,40)(H,44,45)/t15-/m0/s1. The maximum Gasteiger partial charge on any atom is 0.343 e. The lowest BCUT2D eigenvalue weighted by Crippen LogP contribution is -2.42. The molecule has 0 unspecified atom stereocenters. The molecule has 3 aromatic heterocycles. The van der Waals surface area contributed by atoms with Gasteiger partial charge in [0.05, 0.1) is 33.6 Å². The average molecular weight is 666 g/mol. The molecule has 1 amide bonds. The molecule has 248 valence electrons. The number of H-pyrrole nitrogens is 1. The van der Waals surface area contributed by atoms with Crippen LogP contribution in [0.15, 0.2) is 50.9 Å². The lowest BCUT2D eigenvalue weighted by atomic mass is 10.0. The molecule has 0 spiro atoms. The van der Waals surface area contributed by atoms with Crippen LogP contribution in [-0.2, 0) is 32.3 Å². The number of nitrogens with one attached hydrogen (secondary N) is 2. The number of aromatic hydroxyl groups is 4. The molecule has 5 rings (SSSR count). The number of rotatable bonds is 11. The largest absolute Gasteiger partial charge is 0.504 e. The first-order valence-electron chi connectivity index (χ1n) is 13.6. The van der Waals surface area contributed by atoms with Crippen molar-refractivity contribution in [1.29, 1.82) is 0 Å². The lowest BCUT2D eigenvalue weighted by Gasteiger charge is -2.13. The molecule has 0 aliphatic rings. The fraction of sp³-hybridized carbons (Fsp3) is 0.172. The number of esters is 1. The van der Waals surface area contributed by atoms with Crippen LogP contribution in [-0.4, -0.2) is 80.5 Å². The van der Waals surface area contributed by atoms with E-state index in [-0.39, 0.29) is 39.7 Å². The monoisotopic (exact) mass is 665 g/mol. The van der Waals surface area contributed by atoms with E-state index in [0.717, 1.165) is 41.5 Å². The minimum absolute atomic E-state index is 0.0366. The Labute approximate surface area is 264 Å². The van der Waals surface area contributed by atoms with Gasteiger partial charge in [0.1, 0.15) is 42.3 Å². The van der Waals surface area contributed by atoms with Crippen molar-refractivity contribution >= 4 is 45.7 Å². The van der Waals surface area contributed by atoms with Gasteiger partial charge in [0, 0.05) is 24.8 Å². The highest BCUT2D eigenvalue weighted by molar-refractivity contribution is 6.07. The Balaban J connectivity index is 1.39. The molecule has 0 aliphatic carbocycles. The van der Waals surface area contributed by atoms with Gasteiger partial charge >= 0.3 is 17.9 Å². The van der Waals surface area contributed by atoms with Gasteiger partial charge in [0.2, 0.25) is 11.3 Å². The van der Waals surface area contributed by atoms with Crippen LogP contribution in [0, 0.1) is 0 Å². The van der Waals surface area contributed by atoms with Crippen molar-refractivity contribution in [3.63, 3.8) is 0 Å². The van der Waals surface area contributed by atoms with Gasteiger partial charge in [-0.05, 0) is 12.5 Å². The molecule has 0 radical (unpaired) electrons. The number of nitrogens with zero attached hydrogens (tertiary/aromatic N) is 3. The Bertz CT molecular complexity index is 2250. The van der Waals surface area contributed by atoms with Crippen LogP contribution in [0.25, 0.3) is 33.0 Å². The molecule has 0 aliphatic heterocycles. The number of hydrogen-bond donors (Lipinski definition) is 8. The summed E-state index contributed by atoms with van der Waals surface area (Å²) in [6.45, 7) is -1.16. The van der Waals surface area contributed by atoms with Gasteiger partial charge in [-0.15, -0.1) is 5.10 Å². The van der Waals surface area contributed by atoms with Crippen LogP contribution >= 0.6 is 0 Å². The normalized spacial score (nSPS) is 11.8. The van der Waals surface area contributed by atoms with Crippen LogP contribution in [0.5, 0.6) is 23.0 Å². The van der Waals surface area contributed by atoms with Gasteiger partial charge in [-0.2, -0.15) is 0 Å². The van der Waals surface area contributed by atoms with Crippen molar-refractivity contribution < 1.29 is 59.0 Å². The van der Waals surface area contributed by atoms with Crippen LogP contribution in [0.2, 0.25) is 0 Å². The predicted molar refractivity (Wildman–Crippen MR) is 158 cm³/mol. The zero-order chi connectivity index (χ0) is 34.9. The first-order valence-corrected chi connectivity index (χ1v) is 13.6. The van der Waals surface area contributed by atoms with Crippen molar-refractivity contribution in [3.05, 3.63) is 68.6 Å². The second-order valence-corrected chi connectivity index (χ2v) is 10.3. The van der Waals surface area contributed by atoms with Crippen LogP contribution in [0.1, 0.15) is 28.9 Å². The van der Waals surface area contributed by atoms with E-state index in [1.165, 1.54) is 0 Å². The summed E-state index contributed by atoms with van der Waals surface area (Å²) >= 11 is 0. The van der Waals surface area contributed by atoms with Gasteiger partial charge in [-0.3, -0.25) is 19.2 Å². The summed E-state index contributed by atoms with van der Waals surface area (Å²) in [6.07, 6.45) is 2.34. The summed E-state index contributed by atoms with van der Waals surface area (Å²) in [4.78, 5) is 77.1. The number of phenols is 4. The van der Waals surface area contributed by atoms with E-state index >= 15 is 0 Å². The Kier molecular flexibility index (Phi) is 8.68. The summed E-state index contributed by atoms with van der Waals surface area (Å²) in [5, 5.41) is 67.2. The summed E-state index contributed by atoms with van der Waals surface area (Å²) in [5.41, 5.74) is -3.43. The molecule has 3 heterocycles. The molecule has 0 fully saturated rings. The minimum atomic E-state index is -1.47. The van der Waals surface area contributed by atoms with Crippen molar-refractivity contribution in [1.82, 2.24) is 25.3 Å². The lowest BCUT2D eigenvalue weighted by molar-refractivity contribution is -0.143. The van der Waals surface area contributed by atoms with Gasteiger partial charge in [-0.25, -0.2) is 14.3 Å². The van der Waals surface area contributed by atoms with E-state index in [1.807, 2.05) is 0 Å². The zero-order valence-corrected chi connectivity index (χ0v) is 24.2. The third-order valence-corrected chi connectivity index (χ3v) is 7.01. The van der Waals surface area contributed by atoms with Crippen molar-refractivity contribution in [2.75, 3.05) is 0 Å². The first kappa shape index (κ1) is 32.5. The number of carboxylic acids is 2. The number of aliphatic carboxylic acids is 2. The van der Waals surface area contributed by atoms with E-state index in [2.05, 4.69) is 20.6 Å². The number of fused-ring (bicyclic) bond motifs is 2. The third-order valence-electron chi connectivity index (χ3n) is 7.01. The summed E-state index contributed by atoms with van der Waals surface area (Å²) in [5.74, 6) is -7.83. The van der Waals surface area contributed by atoms with Crippen molar-refractivity contribution in [2.24, 2.45) is 0 Å². The molecule has 0 bridgehead atoms. The molecule has 0 saturated heterocycles. The molecule has 8 N–H and O–H groups in total. The van der Waals surface area contributed by atoms with Crippen molar-refractivity contribution in [2.45, 2.75) is 32.0 Å². The van der Waals surface area contributed by atoms with Crippen LogP contribution in [0.3, 0.4) is 0 Å². The molecule has 0 saturated carbocycles. The predicted octanol–water partition coefficient (Wildman–Crippen LogP) is 0.507. The zero-order valence-electron chi connectivity index (χ0n) is 24.2. The maximum atomic E-state index is 13.7. The Morgan fingerprint density at radius 3 is 2.42 bits per heavy atom. The highest BCUT2D eigenvalue weighted by Gasteiger charge is 2.27. The average Bonchev–Trinajstić information content (AvgIpc) is 3.47. The number of aromatic amines is 1. The molecule has 5 aromatic rings. The minimum Gasteiger partial charge on any atom is -0.504 e. The second-order valence-electron chi connectivity index (χ2n) is 10.3. The van der Waals surface area contributed by atoms with E-state index in [9.17, 15) is 54.3 Å². The number of aromatic nitrogens is 4. The van der Waals surface area contributed by atoms with E-state index < -0.39 is 94.2 Å². The Morgan fingerprint density at radius 2 is 1.71 bits per heavy atom. The van der Waals surface area contributed by atoms with E-state index in [0.29, 0.717) is 0 Å². The fourth-order valence-electron chi connectivity index (χ4n) is 4.70. The molecular weight excluding hydrogens is 642 g/mol. The smallest absolute Gasteiger partial charge is 0.343 e. The number of carboxylic acid groups (broad SMARTS) is 2. The first-order chi connectivity index (χ1) is 22.7. The van der Waals surface area contributed by atoms with Gasteiger partial charge in [0.15, 0.2) is 28.4 Å². The second kappa shape index (κ2) is 12.8. The van der Waals surface area contributed by atoms with Crippen molar-refractivity contribution in [3.8, 4) is 34.1 Å². The number of hydrogen-bond acceptors (Lipinski definition) is 14. The SMILES string of the molecule is O=C(O)CC[C@H](NC(=O)Cn1cc(COC(=O)c2c(O)c(O)cc3occ(-c4c[nH]c5cc(O)c(O)cc5c4=O)c(=O)c23)nn1)C(=O)O. The fourth-order valence-corrected chi connectivity index (χ4v) is 4.70. The Morgan fingerprint density at radius 1 is 0.979 bits per heavy atom. The number of carbonyl (C=O) groups excluding carboxylic acids is 2. The number of phenolic OH excluding ortho intramolecular Hbond substituents is 4. The van der Waals surface area contributed by atoms with Gasteiger partial charge in [0.25, 0.3) is 0 Å². The molecule has 19 heteroatoms. The number of amides is 1. The Hall–Kier alpha value is -6.92. The topological polar surface area (TPSA) is 305 Å². The molecule has 19 nitrogen and oxygen atoms in total.